The van der Waals surface area contributed by atoms with Gasteiger partial charge < -0.3 is 10.1 Å². The lowest BCUT2D eigenvalue weighted by atomic mass is 9.93. The monoisotopic (exact) mass is 329 g/mol. The fraction of sp³-hybridized carbons (Fsp3) is 0.714. The van der Waals surface area contributed by atoms with Gasteiger partial charge in [-0.2, -0.15) is 0 Å². The first-order chi connectivity index (χ1) is 8.83. The van der Waals surface area contributed by atoms with Gasteiger partial charge in [-0.3, -0.25) is 0 Å². The summed E-state index contributed by atoms with van der Waals surface area (Å²) in [6.45, 7) is 3.01. The third kappa shape index (κ3) is 2.98. The number of nitrogens with one attached hydrogen (secondary N) is 1. The van der Waals surface area contributed by atoms with Gasteiger partial charge in [0, 0.05) is 24.1 Å². The van der Waals surface area contributed by atoms with Gasteiger partial charge in [0.05, 0.1) is 10.4 Å². The third-order valence-electron chi connectivity index (χ3n) is 3.99. The van der Waals surface area contributed by atoms with Crippen molar-refractivity contribution in [2.75, 3.05) is 19.8 Å². The molecule has 3 rings (SSSR count). The molecular formula is C14H20BrNOS. The summed E-state index contributed by atoms with van der Waals surface area (Å²) in [7, 11) is 0. The predicted molar refractivity (Wildman–Crippen MR) is 79.2 cm³/mol. The second-order valence-electron chi connectivity index (χ2n) is 5.37. The van der Waals surface area contributed by atoms with Gasteiger partial charge in [-0.25, -0.2) is 0 Å². The minimum Gasteiger partial charge on any atom is -0.381 e. The van der Waals surface area contributed by atoms with Crippen LogP contribution in [0.1, 0.15) is 42.2 Å². The largest absolute Gasteiger partial charge is 0.381 e. The van der Waals surface area contributed by atoms with Crippen LogP contribution in [-0.4, -0.2) is 19.8 Å². The molecule has 1 fully saturated rings. The molecule has 18 heavy (non-hydrogen) atoms. The highest BCUT2D eigenvalue weighted by Gasteiger charge is 2.23. The fourth-order valence-corrected chi connectivity index (χ4v) is 4.83. The standard InChI is InChI=1S/C14H20BrNOS/c15-14-7-11-12(4-1-5-13(11)18-14)16-8-10-3-2-6-17-9-10/h7,10,12,16H,1-6,8-9H2. The minimum absolute atomic E-state index is 0.568. The molecule has 2 nitrogen and oxygen atoms in total. The van der Waals surface area contributed by atoms with E-state index in [2.05, 4.69) is 27.3 Å². The van der Waals surface area contributed by atoms with Crippen LogP contribution >= 0.6 is 27.3 Å². The molecule has 2 unspecified atom stereocenters. The van der Waals surface area contributed by atoms with Gasteiger partial charge >= 0.3 is 0 Å². The van der Waals surface area contributed by atoms with E-state index in [0.29, 0.717) is 12.0 Å². The maximum Gasteiger partial charge on any atom is 0.0704 e. The highest BCUT2D eigenvalue weighted by molar-refractivity contribution is 9.11. The molecule has 1 aromatic rings. The van der Waals surface area contributed by atoms with Crippen molar-refractivity contribution >= 4 is 27.3 Å². The smallest absolute Gasteiger partial charge is 0.0704 e. The summed E-state index contributed by atoms with van der Waals surface area (Å²) in [6.07, 6.45) is 6.41. The topological polar surface area (TPSA) is 21.3 Å². The summed E-state index contributed by atoms with van der Waals surface area (Å²) in [4.78, 5) is 1.57. The molecule has 2 aliphatic rings. The van der Waals surface area contributed by atoms with Crippen molar-refractivity contribution in [3.63, 3.8) is 0 Å². The van der Waals surface area contributed by atoms with Gasteiger partial charge in [0.25, 0.3) is 0 Å². The summed E-state index contributed by atoms with van der Waals surface area (Å²) < 4.78 is 6.83. The van der Waals surface area contributed by atoms with Gasteiger partial charge in [-0.05, 0) is 65.6 Å². The maximum atomic E-state index is 5.55. The molecule has 2 heterocycles. The van der Waals surface area contributed by atoms with E-state index in [0.717, 1.165) is 19.8 Å². The highest BCUT2D eigenvalue weighted by atomic mass is 79.9. The molecular weight excluding hydrogens is 310 g/mol. The zero-order chi connectivity index (χ0) is 12.4. The Kier molecular flexibility index (Phi) is 4.39. The van der Waals surface area contributed by atoms with Crippen molar-refractivity contribution < 1.29 is 4.74 Å². The normalized spacial score (nSPS) is 28.1. The Morgan fingerprint density at radius 1 is 1.39 bits per heavy atom. The van der Waals surface area contributed by atoms with Crippen molar-refractivity contribution in [2.24, 2.45) is 5.92 Å². The molecule has 100 valence electrons. The molecule has 0 saturated carbocycles. The van der Waals surface area contributed by atoms with E-state index in [4.69, 9.17) is 4.74 Å². The molecule has 1 aliphatic carbocycles. The Bertz CT molecular complexity index is 400. The van der Waals surface area contributed by atoms with Gasteiger partial charge in [-0.1, -0.05) is 0 Å². The van der Waals surface area contributed by atoms with Crippen LogP contribution < -0.4 is 5.32 Å². The van der Waals surface area contributed by atoms with E-state index in [9.17, 15) is 0 Å². The Morgan fingerprint density at radius 3 is 3.17 bits per heavy atom. The quantitative estimate of drug-likeness (QED) is 0.907. The Morgan fingerprint density at radius 2 is 2.33 bits per heavy atom. The van der Waals surface area contributed by atoms with Crippen LogP contribution in [-0.2, 0) is 11.2 Å². The Hall–Kier alpha value is 0.1000. The van der Waals surface area contributed by atoms with E-state index in [-0.39, 0.29) is 0 Å². The fourth-order valence-electron chi connectivity index (χ4n) is 3.01. The van der Waals surface area contributed by atoms with Crippen molar-refractivity contribution in [2.45, 2.75) is 38.1 Å². The predicted octanol–water partition coefficient (Wildman–Crippen LogP) is 3.90. The van der Waals surface area contributed by atoms with Crippen LogP contribution in [0.4, 0.5) is 0 Å². The zero-order valence-electron chi connectivity index (χ0n) is 10.6. The number of rotatable bonds is 3. The Balaban J connectivity index is 1.59. The first-order valence-electron chi connectivity index (χ1n) is 6.92. The number of hydrogen-bond acceptors (Lipinski definition) is 3. The number of aryl methyl sites for hydroxylation is 1. The first-order valence-corrected chi connectivity index (χ1v) is 8.53. The van der Waals surface area contributed by atoms with Gasteiger partial charge in [0.2, 0.25) is 0 Å². The van der Waals surface area contributed by atoms with E-state index in [1.54, 1.807) is 4.88 Å². The molecule has 1 aliphatic heterocycles. The average Bonchev–Trinajstić information content (AvgIpc) is 2.78. The summed E-state index contributed by atoms with van der Waals surface area (Å²) in [6, 6.07) is 2.88. The van der Waals surface area contributed by atoms with Gasteiger partial charge in [0.1, 0.15) is 0 Å². The van der Waals surface area contributed by atoms with Crippen LogP contribution in [0, 0.1) is 5.92 Å². The molecule has 0 aromatic carbocycles. The molecule has 2 atom stereocenters. The zero-order valence-corrected chi connectivity index (χ0v) is 13.0. The number of fused-ring (bicyclic) bond motifs is 1. The van der Waals surface area contributed by atoms with Crippen LogP contribution in [0.5, 0.6) is 0 Å². The molecule has 0 amide bonds. The number of halogens is 1. The summed E-state index contributed by atoms with van der Waals surface area (Å²) >= 11 is 5.53. The molecule has 1 aromatic heterocycles. The number of ether oxygens (including phenoxy) is 1. The molecule has 0 bridgehead atoms. The molecule has 4 heteroatoms. The highest BCUT2D eigenvalue weighted by Crippen LogP contribution is 2.38. The van der Waals surface area contributed by atoms with Crippen molar-refractivity contribution in [1.29, 1.82) is 0 Å². The van der Waals surface area contributed by atoms with Crippen LogP contribution in [0.3, 0.4) is 0 Å². The van der Waals surface area contributed by atoms with E-state index in [1.165, 1.54) is 41.5 Å². The summed E-state index contributed by atoms with van der Waals surface area (Å²) in [5, 5.41) is 3.77. The second-order valence-corrected chi connectivity index (χ2v) is 7.88. The van der Waals surface area contributed by atoms with Crippen LogP contribution in [0.15, 0.2) is 9.85 Å². The maximum absolute atomic E-state index is 5.55. The average molecular weight is 330 g/mol. The SMILES string of the molecule is Brc1cc2c(s1)CCCC2NCC1CCCOC1. The summed E-state index contributed by atoms with van der Waals surface area (Å²) in [5.74, 6) is 0.714. The lowest BCUT2D eigenvalue weighted by Gasteiger charge is -2.28. The molecule has 1 saturated heterocycles. The lowest BCUT2D eigenvalue weighted by molar-refractivity contribution is 0.0535. The Labute approximate surface area is 121 Å². The molecule has 1 N–H and O–H groups in total. The second kappa shape index (κ2) is 6.04. The van der Waals surface area contributed by atoms with Gasteiger partial charge in [-0.15, -0.1) is 11.3 Å². The van der Waals surface area contributed by atoms with Gasteiger partial charge in [0.15, 0.2) is 0 Å². The van der Waals surface area contributed by atoms with E-state index >= 15 is 0 Å². The lowest BCUT2D eigenvalue weighted by Crippen LogP contribution is -2.32. The van der Waals surface area contributed by atoms with E-state index in [1.807, 2.05) is 11.3 Å². The van der Waals surface area contributed by atoms with Crippen molar-refractivity contribution in [3.8, 4) is 0 Å². The number of hydrogen-bond donors (Lipinski definition) is 1. The molecule has 0 spiro atoms. The van der Waals surface area contributed by atoms with Crippen LogP contribution in [0.2, 0.25) is 0 Å². The minimum atomic E-state index is 0.568. The van der Waals surface area contributed by atoms with Crippen molar-refractivity contribution in [1.82, 2.24) is 5.32 Å². The van der Waals surface area contributed by atoms with Crippen LogP contribution in [0.25, 0.3) is 0 Å². The van der Waals surface area contributed by atoms with Crippen molar-refractivity contribution in [3.05, 3.63) is 20.3 Å². The number of thiophene rings is 1. The first kappa shape index (κ1) is 13.1. The molecule has 0 radical (unpaired) electrons. The summed E-state index contributed by atoms with van der Waals surface area (Å²) in [5.41, 5.74) is 1.54. The van der Waals surface area contributed by atoms with E-state index < -0.39 is 0 Å². The third-order valence-corrected chi connectivity index (χ3v) is 5.70.